The molecule has 0 fully saturated rings. The van der Waals surface area contributed by atoms with Gasteiger partial charge in [-0.25, -0.2) is 5.43 Å². The van der Waals surface area contributed by atoms with Gasteiger partial charge in [-0.3, -0.25) is 9.99 Å². The van der Waals surface area contributed by atoms with Gasteiger partial charge < -0.3 is 0 Å². The predicted octanol–water partition coefficient (Wildman–Crippen LogP) is 2.48. The van der Waals surface area contributed by atoms with Crippen molar-refractivity contribution in [2.45, 2.75) is 4.90 Å². The van der Waals surface area contributed by atoms with Crippen LogP contribution >= 0.6 is 23.2 Å². The molecule has 1 aliphatic heterocycles. The van der Waals surface area contributed by atoms with Gasteiger partial charge in [-0.2, -0.15) is 8.42 Å². The van der Waals surface area contributed by atoms with E-state index in [9.17, 15) is 8.42 Å². The first-order valence-electron chi connectivity index (χ1n) is 6.16. The van der Waals surface area contributed by atoms with Crippen LogP contribution in [-0.4, -0.2) is 26.3 Å². The highest BCUT2D eigenvalue weighted by Gasteiger charge is 2.32. The molecule has 9 heteroatoms. The number of nitrogens with one attached hydrogen (secondary N) is 1. The number of amidine groups is 1. The molecule has 0 saturated heterocycles. The van der Waals surface area contributed by atoms with Crippen LogP contribution in [0.3, 0.4) is 0 Å². The van der Waals surface area contributed by atoms with Crippen LogP contribution < -0.4 is 10.4 Å². The Balaban J connectivity index is 2.28. The zero-order valence-electron chi connectivity index (χ0n) is 11.3. The highest BCUT2D eigenvalue weighted by atomic mass is 35.5. The fraction of sp³-hybridized carbons (Fsp3) is 0.0769. The largest absolute Gasteiger partial charge is 0.286 e. The highest BCUT2D eigenvalue weighted by molar-refractivity contribution is 7.90. The summed E-state index contributed by atoms with van der Waals surface area (Å²) in [5.74, 6) is 0.210. The van der Waals surface area contributed by atoms with Gasteiger partial charge in [0.25, 0.3) is 10.0 Å². The topological polar surface area (TPSA) is 74.7 Å². The maximum Gasteiger partial charge on any atom is 0.286 e. The van der Waals surface area contributed by atoms with E-state index in [1.54, 1.807) is 25.4 Å². The molecule has 0 saturated carbocycles. The van der Waals surface area contributed by atoms with E-state index in [1.807, 2.05) is 0 Å². The summed E-state index contributed by atoms with van der Waals surface area (Å²) in [7, 11) is -2.24. The normalized spacial score (nSPS) is 16.1. The Hall–Kier alpha value is -1.67. The van der Waals surface area contributed by atoms with Crippen molar-refractivity contribution in [3.63, 3.8) is 0 Å². The molecule has 0 amide bonds. The Morgan fingerprint density at radius 1 is 1.23 bits per heavy atom. The molecule has 0 radical (unpaired) electrons. The summed E-state index contributed by atoms with van der Waals surface area (Å²) in [4.78, 5) is 3.98. The zero-order chi connectivity index (χ0) is 15.9. The van der Waals surface area contributed by atoms with Gasteiger partial charge in [0.2, 0.25) is 0 Å². The van der Waals surface area contributed by atoms with Gasteiger partial charge in [0.1, 0.15) is 4.90 Å². The van der Waals surface area contributed by atoms with Gasteiger partial charge in [0.15, 0.2) is 5.84 Å². The summed E-state index contributed by atoms with van der Waals surface area (Å²) >= 11 is 11.9. The smallest absolute Gasteiger partial charge is 0.264 e. The van der Waals surface area contributed by atoms with E-state index in [1.165, 1.54) is 23.3 Å². The number of aromatic nitrogens is 1. The number of rotatable bonds is 2. The lowest BCUT2D eigenvalue weighted by atomic mass is 10.2. The second-order valence-electron chi connectivity index (χ2n) is 4.42. The third-order valence-corrected chi connectivity index (χ3v) is 5.10. The number of pyridine rings is 1. The van der Waals surface area contributed by atoms with E-state index in [4.69, 9.17) is 23.2 Å². The summed E-state index contributed by atoms with van der Waals surface area (Å²) in [6, 6.07) is 6.19. The molecule has 0 unspecified atom stereocenters. The quantitative estimate of drug-likeness (QED) is 0.894. The standard InChI is InChI=1S/C13H10Cl2N4O2S/c1-16-19-11-5-9(14)10(15)6-12(11)22(20,21)18-13(19)8-3-2-4-17-7-8/h2-7,16H,1H3. The molecule has 0 atom stereocenters. The Morgan fingerprint density at radius 2 is 1.95 bits per heavy atom. The van der Waals surface area contributed by atoms with Crippen molar-refractivity contribution >= 4 is 44.7 Å². The van der Waals surface area contributed by atoms with Crippen LogP contribution in [0.1, 0.15) is 5.56 Å². The molecule has 1 aromatic carbocycles. The molecule has 22 heavy (non-hydrogen) atoms. The number of halogens is 2. The van der Waals surface area contributed by atoms with Crippen LogP contribution in [0.5, 0.6) is 0 Å². The van der Waals surface area contributed by atoms with Crippen molar-refractivity contribution in [3.8, 4) is 0 Å². The van der Waals surface area contributed by atoms with Crippen LogP contribution in [0.25, 0.3) is 0 Å². The molecule has 114 valence electrons. The first-order valence-corrected chi connectivity index (χ1v) is 8.35. The van der Waals surface area contributed by atoms with Gasteiger partial charge in [-0.1, -0.05) is 23.2 Å². The molecule has 0 bridgehead atoms. The maximum absolute atomic E-state index is 12.4. The van der Waals surface area contributed by atoms with Gasteiger partial charge in [0.05, 0.1) is 15.7 Å². The number of anilines is 1. The van der Waals surface area contributed by atoms with Crippen molar-refractivity contribution in [1.29, 1.82) is 0 Å². The van der Waals surface area contributed by atoms with Crippen molar-refractivity contribution < 1.29 is 8.42 Å². The molecule has 2 heterocycles. The lowest BCUT2D eigenvalue weighted by Crippen LogP contribution is -2.44. The van der Waals surface area contributed by atoms with Gasteiger partial charge >= 0.3 is 0 Å². The molecule has 3 rings (SSSR count). The third kappa shape index (κ3) is 2.46. The average molecular weight is 357 g/mol. The van der Waals surface area contributed by atoms with Crippen molar-refractivity contribution in [1.82, 2.24) is 10.4 Å². The average Bonchev–Trinajstić information content (AvgIpc) is 2.50. The minimum Gasteiger partial charge on any atom is -0.264 e. The number of sulfonamides is 1. The van der Waals surface area contributed by atoms with Crippen molar-refractivity contribution in [2.75, 3.05) is 12.1 Å². The summed E-state index contributed by atoms with van der Waals surface area (Å²) in [6.45, 7) is 0. The first kappa shape index (κ1) is 15.2. The van der Waals surface area contributed by atoms with Crippen LogP contribution in [-0.2, 0) is 10.0 Å². The Morgan fingerprint density at radius 3 is 2.59 bits per heavy atom. The Bertz CT molecular complexity index is 869. The molecule has 0 aliphatic carbocycles. The maximum atomic E-state index is 12.4. The van der Waals surface area contributed by atoms with Crippen LogP contribution in [0.4, 0.5) is 5.69 Å². The summed E-state index contributed by atoms with van der Waals surface area (Å²) < 4.78 is 28.7. The molecule has 1 aliphatic rings. The summed E-state index contributed by atoms with van der Waals surface area (Å²) in [5.41, 5.74) is 3.81. The van der Waals surface area contributed by atoms with E-state index in [0.717, 1.165) is 0 Å². The summed E-state index contributed by atoms with van der Waals surface area (Å²) in [5, 5.41) is 1.93. The number of fused-ring (bicyclic) bond motifs is 1. The number of nitrogens with zero attached hydrogens (tertiary/aromatic N) is 3. The monoisotopic (exact) mass is 356 g/mol. The second-order valence-corrected chi connectivity index (χ2v) is 6.81. The SMILES string of the molecule is CNN1C(c2cccnc2)=NS(=O)(=O)c2cc(Cl)c(Cl)cc21. The number of hydrazine groups is 1. The first-order chi connectivity index (χ1) is 10.4. The van der Waals surface area contributed by atoms with Gasteiger partial charge in [0, 0.05) is 25.0 Å². The highest BCUT2D eigenvalue weighted by Crippen LogP contribution is 2.37. The number of hydrogen-bond donors (Lipinski definition) is 1. The van der Waals surface area contributed by atoms with Crippen molar-refractivity contribution in [3.05, 3.63) is 52.3 Å². The molecule has 0 spiro atoms. The van der Waals surface area contributed by atoms with E-state index in [-0.39, 0.29) is 20.8 Å². The number of hydrogen-bond acceptors (Lipinski definition) is 5. The number of benzene rings is 1. The van der Waals surface area contributed by atoms with Crippen LogP contribution in [0.15, 0.2) is 46.0 Å². The molecule has 1 aromatic heterocycles. The second kappa shape index (κ2) is 5.51. The van der Waals surface area contributed by atoms with Crippen LogP contribution in [0.2, 0.25) is 10.0 Å². The minimum absolute atomic E-state index is 0.0103. The van der Waals surface area contributed by atoms with E-state index in [2.05, 4.69) is 14.8 Å². The van der Waals surface area contributed by atoms with Gasteiger partial charge in [-0.15, -0.1) is 4.40 Å². The third-order valence-electron chi connectivity index (χ3n) is 3.08. The van der Waals surface area contributed by atoms with Crippen LogP contribution in [0, 0.1) is 0 Å². The van der Waals surface area contributed by atoms with Crippen molar-refractivity contribution in [2.24, 2.45) is 4.40 Å². The minimum atomic E-state index is -3.89. The molecular weight excluding hydrogens is 347 g/mol. The molecule has 6 nitrogen and oxygen atoms in total. The molecular formula is C13H10Cl2N4O2S. The zero-order valence-corrected chi connectivity index (χ0v) is 13.6. The summed E-state index contributed by atoms with van der Waals surface area (Å²) in [6.07, 6.45) is 3.12. The van der Waals surface area contributed by atoms with E-state index in [0.29, 0.717) is 11.3 Å². The van der Waals surface area contributed by atoms with Gasteiger partial charge in [-0.05, 0) is 24.3 Å². The lowest BCUT2D eigenvalue weighted by molar-refractivity contribution is 0.596. The molecule has 1 N–H and O–H groups in total. The fourth-order valence-corrected chi connectivity index (χ4v) is 3.70. The predicted molar refractivity (Wildman–Crippen MR) is 86.0 cm³/mol. The lowest BCUT2D eigenvalue weighted by Gasteiger charge is -2.30. The Kier molecular flexibility index (Phi) is 3.82. The fourth-order valence-electron chi connectivity index (χ4n) is 2.12. The van der Waals surface area contributed by atoms with E-state index < -0.39 is 10.0 Å². The molecule has 2 aromatic rings. The van der Waals surface area contributed by atoms with E-state index >= 15 is 0 Å². The Labute approximate surface area is 137 Å².